The zero-order chi connectivity index (χ0) is 12.6. The van der Waals surface area contributed by atoms with E-state index in [2.05, 4.69) is 5.10 Å². The van der Waals surface area contributed by atoms with Crippen molar-refractivity contribution in [3.63, 3.8) is 0 Å². The highest BCUT2D eigenvalue weighted by atomic mass is 19.4. The van der Waals surface area contributed by atoms with Gasteiger partial charge in [0.25, 0.3) is 5.56 Å². The molecular formula is C10H9F3N2O2. The Kier molecular flexibility index (Phi) is 2.76. The van der Waals surface area contributed by atoms with E-state index in [1.54, 1.807) is 0 Å². The Bertz CT molecular complexity index is 507. The highest BCUT2D eigenvalue weighted by molar-refractivity contribution is 5.80. The maximum Gasteiger partial charge on any atom is 0.435 e. The second-order valence-corrected chi connectivity index (χ2v) is 3.93. The van der Waals surface area contributed by atoms with E-state index in [1.165, 1.54) is 0 Å². The fourth-order valence-electron chi connectivity index (χ4n) is 1.84. The summed E-state index contributed by atoms with van der Waals surface area (Å²) in [6.45, 7) is 0. The van der Waals surface area contributed by atoms with Crippen LogP contribution in [0.4, 0.5) is 13.2 Å². The first-order chi connectivity index (χ1) is 7.88. The third-order valence-corrected chi connectivity index (χ3v) is 2.68. The van der Waals surface area contributed by atoms with Crippen molar-refractivity contribution in [3.8, 4) is 0 Å². The van der Waals surface area contributed by atoms with Gasteiger partial charge in [-0.15, -0.1) is 0 Å². The molecule has 1 aliphatic carbocycles. The van der Waals surface area contributed by atoms with Gasteiger partial charge in [-0.3, -0.25) is 9.59 Å². The van der Waals surface area contributed by atoms with Crippen molar-refractivity contribution in [2.45, 2.75) is 31.5 Å². The van der Waals surface area contributed by atoms with Crippen LogP contribution in [0, 0.1) is 0 Å². The number of nitrogens with zero attached hydrogens (tertiary/aromatic N) is 2. The molecule has 1 fully saturated rings. The molecule has 0 N–H and O–H groups in total. The van der Waals surface area contributed by atoms with Crippen LogP contribution in [0.3, 0.4) is 0 Å². The number of hydrogen-bond acceptors (Lipinski definition) is 3. The summed E-state index contributed by atoms with van der Waals surface area (Å²) in [5.41, 5.74) is -1.73. The van der Waals surface area contributed by atoms with Crippen molar-refractivity contribution in [3.05, 3.63) is 28.2 Å². The molecule has 0 aromatic carbocycles. The minimum absolute atomic E-state index is 0.0545. The number of rotatable bonds is 1. The van der Waals surface area contributed by atoms with Gasteiger partial charge >= 0.3 is 6.18 Å². The van der Waals surface area contributed by atoms with E-state index in [9.17, 15) is 22.8 Å². The molecule has 17 heavy (non-hydrogen) atoms. The number of Topliss-reactive ketones (excluding diaryl/α,β-unsaturated/α-hetero) is 1. The molecule has 2 rings (SSSR count). The summed E-state index contributed by atoms with van der Waals surface area (Å²) in [5, 5.41) is 3.29. The minimum Gasteiger partial charge on any atom is -0.300 e. The van der Waals surface area contributed by atoms with Crippen LogP contribution in [0.15, 0.2) is 16.9 Å². The topological polar surface area (TPSA) is 52.0 Å². The first-order valence-corrected chi connectivity index (χ1v) is 5.06. The molecule has 4 nitrogen and oxygen atoms in total. The van der Waals surface area contributed by atoms with Gasteiger partial charge in [0, 0.05) is 18.9 Å². The van der Waals surface area contributed by atoms with Gasteiger partial charge in [0.1, 0.15) is 5.78 Å². The Balaban J connectivity index is 2.40. The predicted octanol–water partition coefficient (Wildman–Crippen LogP) is 1.56. The molecule has 0 radical (unpaired) electrons. The number of carbonyl (C=O) groups excluding carboxylic acids is 1. The Hall–Kier alpha value is -1.66. The molecule has 0 aliphatic heterocycles. The smallest absolute Gasteiger partial charge is 0.300 e. The standard InChI is InChI=1S/C10H9F3N2O2/c11-10(12,13)8-3-4-9(17)15(14-8)6-1-2-7(16)5-6/h3-4,6H,1-2,5H2. The van der Waals surface area contributed by atoms with Gasteiger partial charge in [-0.05, 0) is 12.5 Å². The van der Waals surface area contributed by atoms with Crippen molar-refractivity contribution in [2.24, 2.45) is 0 Å². The van der Waals surface area contributed by atoms with Crippen LogP contribution < -0.4 is 5.56 Å². The molecule has 1 aromatic heterocycles. The van der Waals surface area contributed by atoms with E-state index in [0.29, 0.717) is 12.5 Å². The van der Waals surface area contributed by atoms with Crippen molar-refractivity contribution in [2.75, 3.05) is 0 Å². The predicted molar refractivity (Wildman–Crippen MR) is 51.4 cm³/mol. The van der Waals surface area contributed by atoms with Gasteiger partial charge in [-0.25, -0.2) is 4.68 Å². The molecule has 1 heterocycles. The van der Waals surface area contributed by atoms with Gasteiger partial charge in [-0.1, -0.05) is 0 Å². The average Bonchev–Trinajstić information content (AvgIpc) is 2.63. The van der Waals surface area contributed by atoms with E-state index in [-0.39, 0.29) is 18.6 Å². The van der Waals surface area contributed by atoms with Crippen LogP contribution >= 0.6 is 0 Å². The number of halogens is 3. The molecule has 1 aromatic rings. The fraction of sp³-hybridized carbons (Fsp3) is 0.500. The van der Waals surface area contributed by atoms with Crippen LogP contribution in [0.5, 0.6) is 0 Å². The molecule has 1 saturated carbocycles. The number of hydrogen-bond donors (Lipinski definition) is 0. The molecule has 7 heteroatoms. The summed E-state index contributed by atoms with van der Waals surface area (Å²) < 4.78 is 38.0. The third-order valence-electron chi connectivity index (χ3n) is 2.68. The summed E-state index contributed by atoms with van der Waals surface area (Å²) in [7, 11) is 0. The second kappa shape index (κ2) is 3.97. The maximum atomic E-state index is 12.4. The van der Waals surface area contributed by atoms with Crippen LogP contribution in [0.25, 0.3) is 0 Å². The number of carbonyl (C=O) groups is 1. The average molecular weight is 246 g/mol. The van der Waals surface area contributed by atoms with Crippen LogP contribution in [0.2, 0.25) is 0 Å². The summed E-state index contributed by atoms with van der Waals surface area (Å²) in [5.74, 6) is -0.0545. The van der Waals surface area contributed by atoms with Crippen LogP contribution in [-0.2, 0) is 11.0 Å². The normalized spacial score (nSPS) is 20.9. The zero-order valence-corrected chi connectivity index (χ0v) is 8.70. The quantitative estimate of drug-likeness (QED) is 0.755. The fourth-order valence-corrected chi connectivity index (χ4v) is 1.84. The Labute approximate surface area is 94.1 Å². The summed E-state index contributed by atoms with van der Waals surface area (Å²) in [6.07, 6.45) is -3.85. The molecular weight excluding hydrogens is 237 g/mol. The highest BCUT2D eigenvalue weighted by Crippen LogP contribution is 2.29. The van der Waals surface area contributed by atoms with E-state index >= 15 is 0 Å². The van der Waals surface area contributed by atoms with Gasteiger partial charge in [0.15, 0.2) is 5.69 Å². The first kappa shape index (κ1) is 11.8. The van der Waals surface area contributed by atoms with Gasteiger partial charge in [0.2, 0.25) is 0 Å². The van der Waals surface area contributed by atoms with Gasteiger partial charge in [-0.2, -0.15) is 18.3 Å². The lowest BCUT2D eigenvalue weighted by atomic mass is 10.2. The molecule has 1 unspecified atom stereocenters. The first-order valence-electron chi connectivity index (χ1n) is 5.06. The van der Waals surface area contributed by atoms with E-state index in [4.69, 9.17) is 0 Å². The Morgan fingerprint density at radius 2 is 2.00 bits per heavy atom. The van der Waals surface area contributed by atoms with Crippen LogP contribution in [0.1, 0.15) is 31.0 Å². The van der Waals surface area contributed by atoms with Crippen LogP contribution in [-0.4, -0.2) is 15.6 Å². The molecule has 92 valence electrons. The molecule has 1 atom stereocenters. The largest absolute Gasteiger partial charge is 0.435 e. The molecule has 0 bridgehead atoms. The molecule has 0 amide bonds. The van der Waals surface area contributed by atoms with Crippen molar-refractivity contribution in [1.82, 2.24) is 9.78 Å². The van der Waals surface area contributed by atoms with Gasteiger partial charge < -0.3 is 0 Å². The van der Waals surface area contributed by atoms with E-state index in [0.717, 1.165) is 10.7 Å². The number of ketones is 1. The molecule has 0 spiro atoms. The van der Waals surface area contributed by atoms with E-state index in [1.807, 2.05) is 0 Å². The van der Waals surface area contributed by atoms with Crippen molar-refractivity contribution in [1.29, 1.82) is 0 Å². The third kappa shape index (κ3) is 2.37. The lowest BCUT2D eigenvalue weighted by Gasteiger charge is -2.13. The lowest BCUT2D eigenvalue weighted by molar-refractivity contribution is -0.142. The number of alkyl halides is 3. The Morgan fingerprint density at radius 3 is 2.53 bits per heavy atom. The number of aromatic nitrogens is 2. The second-order valence-electron chi connectivity index (χ2n) is 3.93. The van der Waals surface area contributed by atoms with Crippen molar-refractivity contribution < 1.29 is 18.0 Å². The molecule has 0 saturated heterocycles. The van der Waals surface area contributed by atoms with Gasteiger partial charge in [0.05, 0.1) is 6.04 Å². The monoisotopic (exact) mass is 246 g/mol. The highest BCUT2D eigenvalue weighted by Gasteiger charge is 2.34. The summed E-state index contributed by atoms with van der Waals surface area (Å²) in [6, 6.07) is 0.936. The summed E-state index contributed by atoms with van der Waals surface area (Å²) in [4.78, 5) is 22.5. The lowest BCUT2D eigenvalue weighted by Crippen LogP contribution is -2.28. The maximum absolute atomic E-state index is 12.4. The van der Waals surface area contributed by atoms with Crippen molar-refractivity contribution >= 4 is 5.78 Å². The zero-order valence-electron chi connectivity index (χ0n) is 8.70. The Morgan fingerprint density at radius 1 is 1.29 bits per heavy atom. The summed E-state index contributed by atoms with van der Waals surface area (Å²) >= 11 is 0. The van der Waals surface area contributed by atoms with E-state index < -0.39 is 23.5 Å². The minimum atomic E-state index is -4.59. The molecule has 1 aliphatic rings. The SMILES string of the molecule is O=C1CCC(n2nc(C(F)(F)F)ccc2=O)C1.